The number of anilines is 2. The largest absolute Gasteiger partial charge is 0.453 e. The van der Waals surface area contributed by atoms with Crippen LogP contribution in [0.25, 0.3) is 33.1 Å². The summed E-state index contributed by atoms with van der Waals surface area (Å²) in [5.41, 5.74) is 9.47. The molecule has 1 amide bonds. The number of piperidine rings is 1. The second-order valence-electron chi connectivity index (χ2n) is 10.3. The molecule has 2 aromatic heterocycles. The summed E-state index contributed by atoms with van der Waals surface area (Å²) in [6.07, 6.45) is 7.67. The zero-order chi connectivity index (χ0) is 27.9. The SMILES string of the molecule is CC=CN1CCC[C@@H](n2nc(-c3ccc(NC(=O)c4ccc5ccccc5c4)c4c3OCO4)c3c(N)ncnc32)C1. The van der Waals surface area contributed by atoms with Crippen molar-refractivity contribution in [3.05, 3.63) is 78.8 Å². The van der Waals surface area contributed by atoms with Crippen molar-refractivity contribution in [3.8, 4) is 22.8 Å². The number of nitrogen functional groups attached to an aromatic ring is 1. The summed E-state index contributed by atoms with van der Waals surface area (Å²) < 4.78 is 13.8. The predicted octanol–water partition coefficient (Wildman–Crippen LogP) is 5.38. The number of carbonyl (C=O) groups is 1. The Kier molecular flexibility index (Phi) is 6.15. The fourth-order valence-electron chi connectivity index (χ4n) is 5.77. The Balaban J connectivity index is 1.26. The third-order valence-corrected chi connectivity index (χ3v) is 7.69. The predicted molar refractivity (Wildman–Crippen MR) is 158 cm³/mol. The van der Waals surface area contributed by atoms with Crippen LogP contribution in [0.2, 0.25) is 0 Å². The summed E-state index contributed by atoms with van der Waals surface area (Å²) in [5, 5.41) is 10.8. The van der Waals surface area contributed by atoms with E-state index in [9.17, 15) is 4.79 Å². The van der Waals surface area contributed by atoms with Gasteiger partial charge in [0, 0.05) is 24.2 Å². The first-order valence-electron chi connectivity index (χ1n) is 13.7. The highest BCUT2D eigenvalue weighted by Crippen LogP contribution is 2.48. The molecule has 0 aliphatic carbocycles. The Morgan fingerprint density at radius 1 is 1.07 bits per heavy atom. The molecule has 10 nitrogen and oxygen atoms in total. The summed E-state index contributed by atoms with van der Waals surface area (Å²) in [4.78, 5) is 24.4. The minimum absolute atomic E-state index is 0.0246. The van der Waals surface area contributed by atoms with Crippen LogP contribution in [0.15, 0.2) is 73.2 Å². The molecule has 7 rings (SSSR count). The van der Waals surface area contributed by atoms with Gasteiger partial charge < -0.3 is 25.4 Å². The number of hydrogen-bond acceptors (Lipinski definition) is 8. The molecule has 10 heteroatoms. The van der Waals surface area contributed by atoms with Gasteiger partial charge in [-0.3, -0.25) is 4.79 Å². The highest BCUT2D eigenvalue weighted by Gasteiger charge is 2.30. The minimum Gasteiger partial charge on any atom is -0.453 e. The number of nitrogens with two attached hydrogens (primary N) is 1. The number of rotatable bonds is 5. The van der Waals surface area contributed by atoms with E-state index in [1.807, 2.05) is 60.1 Å². The lowest BCUT2D eigenvalue weighted by Gasteiger charge is -2.32. The fraction of sp³-hybridized carbons (Fsp3) is 0.226. The van der Waals surface area contributed by atoms with Crippen molar-refractivity contribution in [1.29, 1.82) is 0 Å². The molecule has 1 saturated heterocycles. The topological polar surface area (TPSA) is 120 Å². The van der Waals surface area contributed by atoms with E-state index in [-0.39, 0.29) is 18.7 Å². The van der Waals surface area contributed by atoms with E-state index in [0.717, 1.165) is 36.7 Å². The van der Waals surface area contributed by atoms with Gasteiger partial charge in [0.15, 0.2) is 17.1 Å². The van der Waals surface area contributed by atoms with Crippen LogP contribution >= 0.6 is 0 Å². The van der Waals surface area contributed by atoms with E-state index in [1.165, 1.54) is 6.33 Å². The third kappa shape index (κ3) is 4.37. The number of nitrogens with zero attached hydrogens (tertiary/aromatic N) is 5. The maximum absolute atomic E-state index is 13.2. The van der Waals surface area contributed by atoms with Crippen LogP contribution in [-0.4, -0.2) is 50.4 Å². The Morgan fingerprint density at radius 2 is 1.93 bits per heavy atom. The van der Waals surface area contributed by atoms with Crippen molar-refractivity contribution in [2.24, 2.45) is 0 Å². The van der Waals surface area contributed by atoms with Crippen molar-refractivity contribution < 1.29 is 14.3 Å². The van der Waals surface area contributed by atoms with Crippen LogP contribution in [0.1, 0.15) is 36.2 Å². The molecule has 3 N–H and O–H groups in total. The van der Waals surface area contributed by atoms with E-state index in [2.05, 4.69) is 32.5 Å². The quantitative estimate of drug-likeness (QED) is 0.301. The molecule has 0 saturated carbocycles. The average molecular weight is 548 g/mol. The van der Waals surface area contributed by atoms with Crippen LogP contribution < -0.4 is 20.5 Å². The Bertz CT molecular complexity index is 1830. The molecule has 4 heterocycles. The lowest BCUT2D eigenvalue weighted by Crippen LogP contribution is -2.33. The van der Waals surface area contributed by atoms with Crippen molar-refractivity contribution in [2.45, 2.75) is 25.8 Å². The number of fused-ring (bicyclic) bond motifs is 3. The first kappa shape index (κ1) is 24.9. The summed E-state index contributed by atoms with van der Waals surface area (Å²) in [5.74, 6) is 1.05. The fourth-order valence-corrected chi connectivity index (χ4v) is 5.77. The number of carbonyl (C=O) groups excluding carboxylic acids is 1. The van der Waals surface area contributed by atoms with Gasteiger partial charge in [-0.15, -0.1) is 0 Å². The van der Waals surface area contributed by atoms with E-state index in [0.29, 0.717) is 50.9 Å². The highest BCUT2D eigenvalue weighted by molar-refractivity contribution is 6.08. The van der Waals surface area contributed by atoms with E-state index in [4.69, 9.17) is 20.3 Å². The summed E-state index contributed by atoms with van der Waals surface area (Å²) in [6, 6.07) is 17.4. The van der Waals surface area contributed by atoms with Gasteiger partial charge in [-0.05, 0) is 61.0 Å². The monoisotopic (exact) mass is 547 g/mol. The van der Waals surface area contributed by atoms with Gasteiger partial charge in [-0.2, -0.15) is 5.10 Å². The molecule has 0 radical (unpaired) electrons. The number of hydrogen-bond donors (Lipinski definition) is 2. The summed E-state index contributed by atoms with van der Waals surface area (Å²) in [6.45, 7) is 3.88. The first-order chi connectivity index (χ1) is 20.1. The number of amides is 1. The van der Waals surface area contributed by atoms with E-state index in [1.54, 1.807) is 6.07 Å². The molecule has 0 spiro atoms. The maximum Gasteiger partial charge on any atom is 0.255 e. The van der Waals surface area contributed by atoms with Crippen LogP contribution in [0.3, 0.4) is 0 Å². The second-order valence-corrected chi connectivity index (χ2v) is 10.3. The number of likely N-dealkylation sites (tertiary alicyclic amines) is 1. The molecule has 5 aromatic rings. The van der Waals surface area contributed by atoms with E-state index >= 15 is 0 Å². The van der Waals surface area contributed by atoms with Gasteiger partial charge in [-0.1, -0.05) is 36.4 Å². The maximum atomic E-state index is 13.2. The number of benzene rings is 3. The summed E-state index contributed by atoms with van der Waals surface area (Å²) in [7, 11) is 0. The van der Waals surface area contributed by atoms with Crippen LogP contribution in [0.4, 0.5) is 11.5 Å². The zero-order valence-corrected chi connectivity index (χ0v) is 22.6. The Morgan fingerprint density at radius 3 is 2.80 bits per heavy atom. The standard InChI is InChI=1S/C31H29N7O3/c1-2-13-37-14-5-8-22(16-37)38-30-25(29(32)33-17-34-30)26(36-38)23-11-12-24(28-27(23)40-18-41-28)35-31(39)21-10-9-19-6-3-4-7-20(19)15-21/h2-4,6-7,9-13,15,17,22H,5,8,14,16,18H2,1H3,(H,35,39)(H2,32,33,34)/t22-/m1/s1. The molecular weight excluding hydrogens is 518 g/mol. The number of aromatic nitrogens is 4. The normalized spacial score (nSPS) is 16.6. The highest BCUT2D eigenvalue weighted by atomic mass is 16.7. The lowest BCUT2D eigenvalue weighted by atomic mass is 10.1. The van der Waals surface area contributed by atoms with Crippen LogP contribution in [0, 0.1) is 0 Å². The molecule has 0 bridgehead atoms. The van der Waals surface area contributed by atoms with Crippen molar-refractivity contribution in [3.63, 3.8) is 0 Å². The van der Waals surface area contributed by atoms with Gasteiger partial charge >= 0.3 is 0 Å². The molecule has 0 unspecified atom stereocenters. The molecular formula is C31H29N7O3. The molecule has 1 atom stereocenters. The van der Waals surface area contributed by atoms with Crippen molar-refractivity contribution in [2.75, 3.05) is 30.9 Å². The smallest absolute Gasteiger partial charge is 0.255 e. The van der Waals surface area contributed by atoms with Crippen molar-refractivity contribution in [1.82, 2.24) is 24.6 Å². The first-order valence-corrected chi connectivity index (χ1v) is 13.7. The van der Waals surface area contributed by atoms with Gasteiger partial charge in [0.1, 0.15) is 17.8 Å². The Hall–Kier alpha value is -5.12. The molecule has 2 aliphatic heterocycles. The van der Waals surface area contributed by atoms with E-state index < -0.39 is 0 Å². The van der Waals surface area contributed by atoms with Crippen LogP contribution in [-0.2, 0) is 0 Å². The van der Waals surface area contributed by atoms with Gasteiger partial charge in [0.2, 0.25) is 6.79 Å². The van der Waals surface area contributed by atoms with Crippen LogP contribution in [0.5, 0.6) is 11.5 Å². The van der Waals surface area contributed by atoms with Gasteiger partial charge in [-0.25, -0.2) is 14.6 Å². The molecule has 206 valence electrons. The Labute approximate surface area is 236 Å². The lowest BCUT2D eigenvalue weighted by molar-refractivity contribution is 0.102. The molecule has 2 aliphatic rings. The van der Waals surface area contributed by atoms with Gasteiger partial charge in [0.05, 0.1) is 17.1 Å². The molecule has 1 fully saturated rings. The number of allylic oxidation sites excluding steroid dienone is 1. The molecule has 41 heavy (non-hydrogen) atoms. The zero-order valence-electron chi connectivity index (χ0n) is 22.6. The third-order valence-electron chi connectivity index (χ3n) is 7.69. The summed E-state index contributed by atoms with van der Waals surface area (Å²) >= 11 is 0. The second kappa shape index (κ2) is 10.1. The van der Waals surface area contributed by atoms with Crippen molar-refractivity contribution >= 4 is 39.2 Å². The van der Waals surface area contributed by atoms with Gasteiger partial charge in [0.25, 0.3) is 5.91 Å². The number of ether oxygens (including phenoxy) is 2. The molecule has 3 aromatic carbocycles. The average Bonchev–Trinajstić information content (AvgIpc) is 3.64. The minimum atomic E-state index is -0.239. The number of nitrogens with one attached hydrogen (secondary N) is 1.